The van der Waals surface area contributed by atoms with Crippen LogP contribution in [0.4, 0.5) is 11.4 Å². The zero-order chi connectivity index (χ0) is 19.1. The summed E-state index contributed by atoms with van der Waals surface area (Å²) in [4.78, 5) is 28.7. The highest BCUT2D eigenvalue weighted by molar-refractivity contribution is 5.99. The van der Waals surface area contributed by atoms with Crippen LogP contribution in [0.2, 0.25) is 0 Å². The fraction of sp³-hybridized carbons (Fsp3) is 0.333. The minimum absolute atomic E-state index is 0.149. The lowest BCUT2D eigenvalue weighted by molar-refractivity contribution is -0.131. The van der Waals surface area contributed by atoms with E-state index < -0.39 is 0 Å². The first-order chi connectivity index (χ1) is 13.1. The second kappa shape index (κ2) is 9.07. The van der Waals surface area contributed by atoms with Gasteiger partial charge < -0.3 is 20.9 Å². The van der Waals surface area contributed by atoms with Gasteiger partial charge in [-0.1, -0.05) is 30.3 Å². The maximum Gasteiger partial charge on any atom is 0.253 e. The Morgan fingerprint density at radius 1 is 0.926 bits per heavy atom. The molecule has 0 aliphatic carbocycles. The second-order valence-electron chi connectivity index (χ2n) is 6.65. The van der Waals surface area contributed by atoms with Gasteiger partial charge in [-0.05, 0) is 30.7 Å². The molecule has 0 aromatic heterocycles. The number of carbonyl (C=O) groups excluding carboxylic acids is 2. The maximum atomic E-state index is 12.4. The number of carbonyl (C=O) groups is 2. The van der Waals surface area contributed by atoms with Crippen LogP contribution < -0.4 is 16.0 Å². The molecule has 2 amide bonds. The molecule has 1 heterocycles. The molecule has 0 saturated carbocycles. The van der Waals surface area contributed by atoms with E-state index in [0.29, 0.717) is 30.6 Å². The van der Waals surface area contributed by atoms with Crippen molar-refractivity contribution in [1.29, 1.82) is 0 Å². The van der Waals surface area contributed by atoms with Gasteiger partial charge in [-0.15, -0.1) is 0 Å². The number of hydrogen-bond acceptors (Lipinski definition) is 4. The first-order valence-corrected chi connectivity index (χ1v) is 9.35. The highest BCUT2D eigenvalue weighted by atomic mass is 16.2. The summed E-state index contributed by atoms with van der Waals surface area (Å²) in [6.07, 6.45) is 1.06. The Morgan fingerprint density at radius 3 is 2.30 bits per heavy atom. The Kier molecular flexibility index (Phi) is 6.30. The normalized spacial score (nSPS) is 14.1. The number of rotatable bonds is 6. The Bertz CT molecular complexity index is 771. The van der Waals surface area contributed by atoms with Gasteiger partial charge in [0.1, 0.15) is 0 Å². The third-order valence-electron chi connectivity index (χ3n) is 4.81. The van der Waals surface area contributed by atoms with Crippen LogP contribution in [0.3, 0.4) is 0 Å². The molecule has 142 valence electrons. The molecule has 3 rings (SSSR count). The summed E-state index contributed by atoms with van der Waals surface area (Å²) in [5.74, 6) is -0.0480. The molecule has 0 radical (unpaired) electrons. The summed E-state index contributed by atoms with van der Waals surface area (Å²) >= 11 is 0. The third kappa shape index (κ3) is 5.00. The molecular formula is C21H26N4O2. The van der Waals surface area contributed by atoms with Crippen molar-refractivity contribution in [3.8, 4) is 0 Å². The molecule has 6 heteroatoms. The van der Waals surface area contributed by atoms with Gasteiger partial charge >= 0.3 is 0 Å². The molecule has 0 spiro atoms. The van der Waals surface area contributed by atoms with Crippen LogP contribution in [-0.4, -0.2) is 49.4 Å². The van der Waals surface area contributed by atoms with Crippen molar-refractivity contribution in [2.75, 3.05) is 43.4 Å². The number of nitrogens with one attached hydrogen (secondary N) is 1. The summed E-state index contributed by atoms with van der Waals surface area (Å²) in [5, 5.41) is 2.83. The summed E-state index contributed by atoms with van der Waals surface area (Å²) in [7, 11) is 0. The lowest BCUT2D eigenvalue weighted by Crippen LogP contribution is -2.48. The second-order valence-corrected chi connectivity index (χ2v) is 6.65. The SMILES string of the molecule is Nc1ccccc1C(=O)NCCCC(=O)N1CCN(c2ccccc2)CC1. The van der Waals surface area contributed by atoms with E-state index in [1.807, 2.05) is 23.1 Å². The Labute approximate surface area is 159 Å². The number of para-hydroxylation sites is 2. The third-order valence-corrected chi connectivity index (χ3v) is 4.81. The molecule has 1 aliphatic heterocycles. The Balaban J connectivity index is 1.37. The van der Waals surface area contributed by atoms with Crippen LogP contribution in [0.1, 0.15) is 23.2 Å². The van der Waals surface area contributed by atoms with E-state index in [9.17, 15) is 9.59 Å². The predicted molar refractivity (Wildman–Crippen MR) is 108 cm³/mol. The Morgan fingerprint density at radius 2 is 1.59 bits per heavy atom. The maximum absolute atomic E-state index is 12.4. The van der Waals surface area contributed by atoms with Crippen molar-refractivity contribution in [3.05, 3.63) is 60.2 Å². The van der Waals surface area contributed by atoms with E-state index in [4.69, 9.17) is 5.73 Å². The van der Waals surface area contributed by atoms with Crippen LogP contribution in [0.15, 0.2) is 54.6 Å². The zero-order valence-corrected chi connectivity index (χ0v) is 15.4. The van der Waals surface area contributed by atoms with Crippen LogP contribution in [0.25, 0.3) is 0 Å². The summed E-state index contributed by atoms with van der Waals surface area (Å²) in [6, 6.07) is 17.2. The first kappa shape index (κ1) is 18.8. The van der Waals surface area contributed by atoms with Gasteiger partial charge in [0.05, 0.1) is 5.56 Å². The summed E-state index contributed by atoms with van der Waals surface area (Å²) in [6.45, 7) is 3.63. The molecule has 1 fully saturated rings. The summed E-state index contributed by atoms with van der Waals surface area (Å²) < 4.78 is 0. The smallest absolute Gasteiger partial charge is 0.253 e. The topological polar surface area (TPSA) is 78.7 Å². The van der Waals surface area contributed by atoms with Gasteiger partial charge in [-0.2, -0.15) is 0 Å². The fourth-order valence-electron chi connectivity index (χ4n) is 3.25. The Hall–Kier alpha value is -3.02. The number of benzene rings is 2. The highest BCUT2D eigenvalue weighted by Crippen LogP contribution is 2.16. The minimum Gasteiger partial charge on any atom is -0.398 e. The molecule has 27 heavy (non-hydrogen) atoms. The van der Waals surface area contributed by atoms with E-state index in [1.54, 1.807) is 24.3 Å². The molecule has 2 aromatic rings. The molecule has 1 aliphatic rings. The monoisotopic (exact) mass is 366 g/mol. The number of anilines is 2. The largest absolute Gasteiger partial charge is 0.398 e. The van der Waals surface area contributed by atoms with Gasteiger partial charge in [0.2, 0.25) is 5.91 Å². The fourth-order valence-corrected chi connectivity index (χ4v) is 3.25. The number of piperazine rings is 1. The zero-order valence-electron chi connectivity index (χ0n) is 15.4. The van der Waals surface area contributed by atoms with Gasteiger partial charge in [-0.3, -0.25) is 9.59 Å². The van der Waals surface area contributed by atoms with Crippen molar-refractivity contribution in [1.82, 2.24) is 10.2 Å². The van der Waals surface area contributed by atoms with Crippen LogP contribution >= 0.6 is 0 Å². The molecule has 0 unspecified atom stereocenters. The van der Waals surface area contributed by atoms with Gasteiger partial charge in [0.15, 0.2) is 0 Å². The van der Waals surface area contributed by atoms with Crippen molar-refractivity contribution in [3.63, 3.8) is 0 Å². The van der Waals surface area contributed by atoms with Crippen LogP contribution in [-0.2, 0) is 4.79 Å². The molecule has 0 atom stereocenters. The number of hydrogen-bond donors (Lipinski definition) is 2. The van der Waals surface area contributed by atoms with E-state index in [-0.39, 0.29) is 11.8 Å². The van der Waals surface area contributed by atoms with Crippen molar-refractivity contribution in [2.45, 2.75) is 12.8 Å². The minimum atomic E-state index is -0.197. The van der Waals surface area contributed by atoms with Gasteiger partial charge in [0.25, 0.3) is 5.91 Å². The molecule has 1 saturated heterocycles. The molecular weight excluding hydrogens is 340 g/mol. The standard InChI is InChI=1S/C21H26N4O2/c22-19-10-5-4-9-18(19)21(27)23-12-6-11-20(26)25-15-13-24(14-16-25)17-7-2-1-3-8-17/h1-5,7-10H,6,11-16,22H2,(H,23,27). The number of nitrogen functional groups attached to an aromatic ring is 1. The number of nitrogens with two attached hydrogens (primary N) is 1. The quantitative estimate of drug-likeness (QED) is 0.606. The lowest BCUT2D eigenvalue weighted by atomic mass is 10.1. The number of amides is 2. The van der Waals surface area contributed by atoms with Crippen molar-refractivity contribution >= 4 is 23.2 Å². The predicted octanol–water partition coefficient (Wildman–Crippen LogP) is 2.13. The average molecular weight is 366 g/mol. The number of nitrogens with zero attached hydrogens (tertiary/aromatic N) is 2. The first-order valence-electron chi connectivity index (χ1n) is 9.35. The highest BCUT2D eigenvalue weighted by Gasteiger charge is 2.20. The lowest BCUT2D eigenvalue weighted by Gasteiger charge is -2.36. The van der Waals surface area contributed by atoms with Gasteiger partial charge in [-0.25, -0.2) is 0 Å². The van der Waals surface area contributed by atoms with E-state index in [0.717, 1.165) is 26.2 Å². The van der Waals surface area contributed by atoms with Crippen LogP contribution in [0, 0.1) is 0 Å². The molecule has 2 aromatic carbocycles. The molecule has 0 bridgehead atoms. The van der Waals surface area contributed by atoms with E-state index in [1.165, 1.54) is 5.69 Å². The summed E-state index contributed by atoms with van der Waals surface area (Å²) in [5.41, 5.74) is 7.93. The van der Waals surface area contributed by atoms with Crippen molar-refractivity contribution in [2.24, 2.45) is 0 Å². The average Bonchev–Trinajstić information content (AvgIpc) is 2.72. The van der Waals surface area contributed by atoms with Gasteiger partial charge in [0, 0.05) is 50.5 Å². The van der Waals surface area contributed by atoms with E-state index in [2.05, 4.69) is 22.3 Å². The van der Waals surface area contributed by atoms with E-state index >= 15 is 0 Å². The van der Waals surface area contributed by atoms with Crippen molar-refractivity contribution < 1.29 is 9.59 Å². The molecule has 6 nitrogen and oxygen atoms in total. The van der Waals surface area contributed by atoms with Crippen LogP contribution in [0.5, 0.6) is 0 Å². The molecule has 3 N–H and O–H groups in total.